The van der Waals surface area contributed by atoms with Gasteiger partial charge in [0.15, 0.2) is 6.61 Å². The molecule has 2 N–H and O–H groups in total. The summed E-state index contributed by atoms with van der Waals surface area (Å²) in [7, 11) is 0. The van der Waals surface area contributed by atoms with Crippen LogP contribution in [0.5, 0.6) is 17.2 Å². The summed E-state index contributed by atoms with van der Waals surface area (Å²) in [6, 6.07) is 11.2. The van der Waals surface area contributed by atoms with Gasteiger partial charge in [-0.25, -0.2) is 0 Å². The highest BCUT2D eigenvalue weighted by molar-refractivity contribution is 5.95. The summed E-state index contributed by atoms with van der Waals surface area (Å²) in [5, 5.41) is 5.50. The van der Waals surface area contributed by atoms with Gasteiger partial charge in [0.1, 0.15) is 17.2 Å². The summed E-state index contributed by atoms with van der Waals surface area (Å²) in [4.78, 5) is 12.3. The molecule has 0 bridgehead atoms. The molecule has 0 saturated carbocycles. The van der Waals surface area contributed by atoms with Crippen LogP contribution in [0, 0.1) is 0 Å². The molecule has 0 spiro atoms. The Hall–Kier alpha value is -3.10. The zero-order valence-electron chi connectivity index (χ0n) is 16.1. The third-order valence-corrected chi connectivity index (χ3v) is 3.55. The molecule has 0 aliphatic rings. The number of anilines is 2. The molecule has 0 unspecified atom stereocenters. The number of amides is 1. The van der Waals surface area contributed by atoms with E-state index in [0.29, 0.717) is 30.4 Å². The van der Waals surface area contributed by atoms with E-state index < -0.39 is 18.7 Å². The third kappa shape index (κ3) is 7.44. The van der Waals surface area contributed by atoms with Gasteiger partial charge in [-0.15, -0.1) is 0 Å². The maximum Gasteiger partial charge on any atom is 0.422 e. The molecule has 6 nitrogen and oxygen atoms in total. The minimum atomic E-state index is -4.45. The van der Waals surface area contributed by atoms with Gasteiger partial charge in [0.25, 0.3) is 0 Å². The van der Waals surface area contributed by atoms with Gasteiger partial charge in [-0.2, -0.15) is 13.2 Å². The number of alkyl halides is 3. The number of nitrogens with one attached hydrogen (secondary N) is 2. The highest BCUT2D eigenvalue weighted by Gasteiger charge is 2.28. The number of halogens is 3. The summed E-state index contributed by atoms with van der Waals surface area (Å²) in [5.74, 6) is 0.652. The zero-order chi connectivity index (χ0) is 21.3. The summed E-state index contributed by atoms with van der Waals surface area (Å²) < 4.78 is 52.9. The number of rotatable bonds is 10. The Kier molecular flexibility index (Phi) is 7.99. The summed E-state index contributed by atoms with van der Waals surface area (Å²) in [6.07, 6.45) is -4.45. The van der Waals surface area contributed by atoms with E-state index in [0.717, 1.165) is 0 Å². The highest BCUT2D eigenvalue weighted by atomic mass is 19.4. The molecule has 2 aromatic carbocycles. The second kappa shape index (κ2) is 10.4. The molecule has 0 saturated heterocycles. The number of carbonyl (C=O) groups excluding carboxylic acids is 1. The van der Waals surface area contributed by atoms with Crippen molar-refractivity contribution in [3.05, 3.63) is 42.5 Å². The van der Waals surface area contributed by atoms with Crippen molar-refractivity contribution < 1.29 is 32.2 Å². The van der Waals surface area contributed by atoms with Crippen molar-refractivity contribution in [2.24, 2.45) is 0 Å². The van der Waals surface area contributed by atoms with Crippen molar-refractivity contribution >= 4 is 17.3 Å². The molecule has 0 aliphatic carbocycles. The SMILES string of the molecule is CCOc1ccc(OCC)c(NC(=O)CNc2ccccc2OCC(F)(F)F)c1. The Bertz CT molecular complexity index is 813. The first-order chi connectivity index (χ1) is 13.8. The molecule has 29 heavy (non-hydrogen) atoms. The number of hydrogen-bond acceptors (Lipinski definition) is 5. The average molecular weight is 412 g/mol. The Labute approximate surface area is 167 Å². The number of benzene rings is 2. The van der Waals surface area contributed by atoms with Gasteiger partial charge in [0, 0.05) is 6.07 Å². The first-order valence-corrected chi connectivity index (χ1v) is 9.04. The molecular formula is C20H23F3N2O4. The summed E-state index contributed by atoms with van der Waals surface area (Å²) in [6.45, 7) is 2.95. The van der Waals surface area contributed by atoms with Crippen LogP contribution in [0.1, 0.15) is 13.8 Å². The minimum absolute atomic E-state index is 0.00553. The smallest absolute Gasteiger partial charge is 0.422 e. The maximum atomic E-state index is 12.4. The van der Waals surface area contributed by atoms with Crippen molar-refractivity contribution in [1.29, 1.82) is 0 Å². The largest absolute Gasteiger partial charge is 0.494 e. The van der Waals surface area contributed by atoms with E-state index in [9.17, 15) is 18.0 Å². The summed E-state index contributed by atoms with van der Waals surface area (Å²) >= 11 is 0. The molecule has 158 valence electrons. The molecule has 0 atom stereocenters. The van der Waals surface area contributed by atoms with Gasteiger partial charge in [-0.1, -0.05) is 12.1 Å². The van der Waals surface area contributed by atoms with Gasteiger partial charge < -0.3 is 24.8 Å². The lowest BCUT2D eigenvalue weighted by molar-refractivity contribution is -0.153. The fourth-order valence-corrected chi connectivity index (χ4v) is 2.41. The van der Waals surface area contributed by atoms with E-state index in [1.54, 1.807) is 30.3 Å². The normalized spacial score (nSPS) is 10.9. The number of hydrogen-bond donors (Lipinski definition) is 2. The van der Waals surface area contributed by atoms with Crippen LogP contribution in [0.3, 0.4) is 0 Å². The van der Waals surface area contributed by atoms with Crippen LogP contribution in [-0.4, -0.2) is 38.4 Å². The molecule has 0 aliphatic heterocycles. The molecule has 2 aromatic rings. The Morgan fingerprint density at radius 2 is 1.62 bits per heavy atom. The van der Waals surface area contributed by atoms with Gasteiger partial charge in [-0.05, 0) is 38.1 Å². The van der Waals surface area contributed by atoms with Gasteiger partial charge in [0.2, 0.25) is 5.91 Å². The third-order valence-electron chi connectivity index (χ3n) is 3.55. The van der Waals surface area contributed by atoms with Crippen molar-refractivity contribution in [2.75, 3.05) is 37.0 Å². The van der Waals surface area contributed by atoms with Crippen LogP contribution in [0.4, 0.5) is 24.5 Å². The lowest BCUT2D eigenvalue weighted by atomic mass is 10.2. The Morgan fingerprint density at radius 1 is 0.931 bits per heavy atom. The van der Waals surface area contributed by atoms with E-state index in [1.807, 2.05) is 13.8 Å². The molecule has 1 amide bonds. The lowest BCUT2D eigenvalue weighted by Gasteiger charge is -2.16. The Morgan fingerprint density at radius 3 is 2.31 bits per heavy atom. The van der Waals surface area contributed by atoms with Crippen molar-refractivity contribution in [3.8, 4) is 17.2 Å². The maximum absolute atomic E-state index is 12.4. The van der Waals surface area contributed by atoms with Crippen molar-refractivity contribution in [2.45, 2.75) is 20.0 Å². The van der Waals surface area contributed by atoms with Crippen molar-refractivity contribution in [3.63, 3.8) is 0 Å². The average Bonchev–Trinajstić information content (AvgIpc) is 2.67. The first kappa shape index (κ1) is 22.2. The van der Waals surface area contributed by atoms with E-state index in [2.05, 4.69) is 10.6 Å². The van der Waals surface area contributed by atoms with Gasteiger partial charge in [0.05, 0.1) is 31.1 Å². The molecule has 0 fully saturated rings. The molecule has 0 aromatic heterocycles. The van der Waals surface area contributed by atoms with Gasteiger partial charge in [-0.3, -0.25) is 4.79 Å². The van der Waals surface area contributed by atoms with Crippen LogP contribution in [0.25, 0.3) is 0 Å². The van der Waals surface area contributed by atoms with Crippen LogP contribution in [-0.2, 0) is 4.79 Å². The quantitative estimate of drug-likeness (QED) is 0.602. The molecule has 0 radical (unpaired) electrons. The predicted octanol–water partition coefficient (Wildman–Crippen LogP) is 4.48. The second-order valence-electron chi connectivity index (χ2n) is 5.83. The topological polar surface area (TPSA) is 68.8 Å². The number of para-hydroxylation sites is 2. The second-order valence-corrected chi connectivity index (χ2v) is 5.83. The lowest BCUT2D eigenvalue weighted by Crippen LogP contribution is -2.23. The highest BCUT2D eigenvalue weighted by Crippen LogP contribution is 2.30. The molecule has 0 heterocycles. The summed E-state index contributed by atoms with van der Waals surface area (Å²) in [5.41, 5.74) is 0.714. The molecular weight excluding hydrogens is 389 g/mol. The standard InChI is InChI=1S/C20H23F3N2O4/c1-3-27-14-9-10-18(28-4-2)16(11-14)25-19(26)12-24-15-7-5-6-8-17(15)29-13-20(21,22)23/h5-11,24H,3-4,12-13H2,1-2H3,(H,25,26). The van der Waals surface area contributed by atoms with Crippen molar-refractivity contribution in [1.82, 2.24) is 0 Å². The van der Waals surface area contributed by atoms with E-state index >= 15 is 0 Å². The fraction of sp³-hybridized carbons (Fsp3) is 0.350. The van der Waals surface area contributed by atoms with Crippen LogP contribution >= 0.6 is 0 Å². The van der Waals surface area contributed by atoms with E-state index in [-0.39, 0.29) is 18.0 Å². The minimum Gasteiger partial charge on any atom is -0.494 e. The fourth-order valence-electron chi connectivity index (χ4n) is 2.41. The zero-order valence-corrected chi connectivity index (χ0v) is 16.1. The monoisotopic (exact) mass is 412 g/mol. The predicted molar refractivity (Wildman–Crippen MR) is 104 cm³/mol. The first-order valence-electron chi connectivity index (χ1n) is 9.04. The van der Waals surface area contributed by atoms with E-state index in [4.69, 9.17) is 14.2 Å². The number of carbonyl (C=O) groups is 1. The van der Waals surface area contributed by atoms with Gasteiger partial charge >= 0.3 is 6.18 Å². The molecule has 2 rings (SSSR count). The molecule has 9 heteroatoms. The van der Waals surface area contributed by atoms with Crippen LogP contribution in [0.2, 0.25) is 0 Å². The van der Waals surface area contributed by atoms with Crippen LogP contribution < -0.4 is 24.8 Å². The van der Waals surface area contributed by atoms with E-state index in [1.165, 1.54) is 12.1 Å². The number of ether oxygens (including phenoxy) is 3. The van der Waals surface area contributed by atoms with Crippen LogP contribution in [0.15, 0.2) is 42.5 Å². The Balaban J connectivity index is 2.02.